The Morgan fingerprint density at radius 3 is 2.43 bits per heavy atom. The second-order valence-electron chi connectivity index (χ2n) is 6.02. The van der Waals surface area contributed by atoms with Crippen LogP contribution >= 0.6 is 23.2 Å². The van der Waals surface area contributed by atoms with Crippen molar-refractivity contribution in [1.29, 1.82) is 0 Å². The van der Waals surface area contributed by atoms with Crippen LogP contribution in [0.3, 0.4) is 0 Å². The molecule has 0 radical (unpaired) electrons. The molecule has 0 aliphatic carbocycles. The molecule has 0 saturated carbocycles. The summed E-state index contributed by atoms with van der Waals surface area (Å²) in [5.74, 6) is 0.524. The molecule has 1 aromatic rings. The first-order valence-electron chi connectivity index (χ1n) is 7.52. The van der Waals surface area contributed by atoms with Gasteiger partial charge in [-0.25, -0.2) is 0 Å². The molecule has 0 aliphatic heterocycles. The third-order valence-electron chi connectivity index (χ3n) is 2.69. The standard InChI is InChI=1S/C16H24Cl2N4O/c1-5-19-15(22-16(2,3)4)21-9-8-20-14(23)11-6-7-12(17)13(18)10-11/h6-7,10H,5,8-9H2,1-4H3,(H,20,23)(H2,19,21,22). The molecular formula is C16H24Cl2N4O. The molecule has 0 spiro atoms. The molecule has 23 heavy (non-hydrogen) atoms. The third-order valence-corrected chi connectivity index (χ3v) is 3.43. The smallest absolute Gasteiger partial charge is 0.251 e. The van der Waals surface area contributed by atoms with Gasteiger partial charge >= 0.3 is 0 Å². The van der Waals surface area contributed by atoms with Crippen LogP contribution in [0, 0.1) is 0 Å². The number of benzene rings is 1. The lowest BCUT2D eigenvalue weighted by Gasteiger charge is -2.23. The Labute approximate surface area is 147 Å². The van der Waals surface area contributed by atoms with Gasteiger partial charge in [-0.15, -0.1) is 0 Å². The first-order valence-corrected chi connectivity index (χ1v) is 8.28. The molecule has 0 atom stereocenters. The molecule has 7 heteroatoms. The number of amides is 1. The minimum Gasteiger partial charge on any atom is -0.357 e. The summed E-state index contributed by atoms with van der Waals surface area (Å²) in [6, 6.07) is 4.79. The Morgan fingerprint density at radius 1 is 1.17 bits per heavy atom. The van der Waals surface area contributed by atoms with Crippen LogP contribution in [0.2, 0.25) is 10.0 Å². The third kappa shape index (κ3) is 7.57. The zero-order chi connectivity index (χ0) is 17.5. The summed E-state index contributed by atoms with van der Waals surface area (Å²) < 4.78 is 0. The number of nitrogens with zero attached hydrogens (tertiary/aromatic N) is 1. The number of hydrogen-bond acceptors (Lipinski definition) is 2. The minimum absolute atomic E-state index is 0.0791. The number of carbonyl (C=O) groups excluding carboxylic acids is 1. The quantitative estimate of drug-likeness (QED) is 0.430. The van der Waals surface area contributed by atoms with Crippen LogP contribution in [-0.4, -0.2) is 37.0 Å². The fraction of sp³-hybridized carbons (Fsp3) is 0.500. The van der Waals surface area contributed by atoms with Crippen molar-refractivity contribution in [3.63, 3.8) is 0 Å². The van der Waals surface area contributed by atoms with Gasteiger partial charge in [-0.3, -0.25) is 9.79 Å². The monoisotopic (exact) mass is 358 g/mol. The Bertz CT molecular complexity index is 568. The van der Waals surface area contributed by atoms with E-state index < -0.39 is 0 Å². The van der Waals surface area contributed by atoms with E-state index in [0.29, 0.717) is 28.7 Å². The lowest BCUT2D eigenvalue weighted by atomic mass is 10.1. The topological polar surface area (TPSA) is 65.5 Å². The summed E-state index contributed by atoms with van der Waals surface area (Å²) in [6.45, 7) is 9.87. The van der Waals surface area contributed by atoms with E-state index in [9.17, 15) is 4.79 Å². The number of nitrogens with one attached hydrogen (secondary N) is 3. The highest BCUT2D eigenvalue weighted by molar-refractivity contribution is 6.42. The molecule has 3 N–H and O–H groups in total. The fourth-order valence-corrected chi connectivity index (χ4v) is 2.04. The number of halogens is 2. The first kappa shape index (κ1) is 19.6. The molecule has 0 saturated heterocycles. The molecule has 1 amide bonds. The van der Waals surface area contributed by atoms with Gasteiger partial charge in [0, 0.05) is 24.2 Å². The maximum atomic E-state index is 12.0. The van der Waals surface area contributed by atoms with Crippen LogP contribution in [0.25, 0.3) is 0 Å². The number of hydrogen-bond donors (Lipinski definition) is 3. The summed E-state index contributed by atoms with van der Waals surface area (Å²) in [4.78, 5) is 16.4. The van der Waals surface area contributed by atoms with Gasteiger partial charge in [-0.1, -0.05) is 23.2 Å². The second kappa shape index (κ2) is 8.99. The van der Waals surface area contributed by atoms with Gasteiger partial charge < -0.3 is 16.0 Å². The van der Waals surface area contributed by atoms with E-state index >= 15 is 0 Å². The van der Waals surface area contributed by atoms with Crippen LogP contribution in [0.5, 0.6) is 0 Å². The summed E-state index contributed by atoms with van der Waals surface area (Å²) in [5.41, 5.74) is 0.396. The van der Waals surface area contributed by atoms with E-state index in [1.54, 1.807) is 18.2 Å². The highest BCUT2D eigenvalue weighted by atomic mass is 35.5. The average molecular weight is 359 g/mol. The Hall–Kier alpha value is -1.46. The van der Waals surface area contributed by atoms with Gasteiger partial charge in [0.2, 0.25) is 0 Å². The van der Waals surface area contributed by atoms with Gasteiger partial charge in [0.05, 0.1) is 16.6 Å². The van der Waals surface area contributed by atoms with Crippen molar-refractivity contribution in [2.75, 3.05) is 19.6 Å². The fourth-order valence-electron chi connectivity index (χ4n) is 1.74. The molecule has 0 aromatic heterocycles. The summed E-state index contributed by atoms with van der Waals surface area (Å²) in [6.07, 6.45) is 0. The van der Waals surface area contributed by atoms with Gasteiger partial charge in [0.25, 0.3) is 5.91 Å². The van der Waals surface area contributed by atoms with Crippen molar-refractivity contribution in [2.45, 2.75) is 33.2 Å². The Balaban J connectivity index is 2.52. The Kier molecular flexibility index (Phi) is 7.65. The predicted molar refractivity (Wildman–Crippen MR) is 97.7 cm³/mol. The van der Waals surface area contributed by atoms with Gasteiger partial charge in [-0.2, -0.15) is 0 Å². The van der Waals surface area contributed by atoms with E-state index in [0.717, 1.165) is 12.5 Å². The molecule has 5 nitrogen and oxygen atoms in total. The SMILES string of the molecule is CCNC(=NCCNC(=O)c1ccc(Cl)c(Cl)c1)NC(C)(C)C. The van der Waals surface area contributed by atoms with Crippen LogP contribution < -0.4 is 16.0 Å². The number of aliphatic imine (C=N–C) groups is 1. The van der Waals surface area contributed by atoms with Crippen LogP contribution in [-0.2, 0) is 0 Å². The number of guanidine groups is 1. The molecule has 128 valence electrons. The average Bonchev–Trinajstić information content (AvgIpc) is 2.44. The van der Waals surface area contributed by atoms with Crippen molar-refractivity contribution in [3.05, 3.63) is 33.8 Å². The normalized spacial score (nSPS) is 12.0. The van der Waals surface area contributed by atoms with Gasteiger partial charge in [-0.05, 0) is 45.9 Å². The minimum atomic E-state index is -0.201. The molecule has 1 aromatic carbocycles. The maximum absolute atomic E-state index is 12.0. The van der Waals surface area contributed by atoms with Crippen molar-refractivity contribution in [2.24, 2.45) is 4.99 Å². The summed E-state index contributed by atoms with van der Waals surface area (Å²) in [5, 5.41) is 10.0. The van der Waals surface area contributed by atoms with Gasteiger partial charge in [0.1, 0.15) is 0 Å². The van der Waals surface area contributed by atoms with Crippen molar-refractivity contribution in [3.8, 4) is 0 Å². The highest BCUT2D eigenvalue weighted by Gasteiger charge is 2.11. The molecular weight excluding hydrogens is 335 g/mol. The number of rotatable bonds is 5. The first-order chi connectivity index (χ1) is 10.7. The predicted octanol–water partition coefficient (Wildman–Crippen LogP) is 3.08. The number of carbonyl (C=O) groups is 1. The van der Waals surface area contributed by atoms with Crippen molar-refractivity contribution >= 4 is 35.1 Å². The lowest BCUT2D eigenvalue weighted by molar-refractivity contribution is 0.0955. The van der Waals surface area contributed by atoms with E-state index in [4.69, 9.17) is 23.2 Å². The lowest BCUT2D eigenvalue weighted by Crippen LogP contribution is -2.47. The second-order valence-corrected chi connectivity index (χ2v) is 6.83. The van der Waals surface area contributed by atoms with E-state index in [1.807, 2.05) is 6.92 Å². The van der Waals surface area contributed by atoms with E-state index in [-0.39, 0.29) is 11.4 Å². The van der Waals surface area contributed by atoms with Gasteiger partial charge in [0.15, 0.2) is 5.96 Å². The zero-order valence-electron chi connectivity index (χ0n) is 14.0. The summed E-state index contributed by atoms with van der Waals surface area (Å²) in [7, 11) is 0. The summed E-state index contributed by atoms with van der Waals surface area (Å²) >= 11 is 11.7. The molecule has 1 rings (SSSR count). The molecule has 0 aliphatic rings. The van der Waals surface area contributed by atoms with Crippen molar-refractivity contribution < 1.29 is 4.79 Å². The Morgan fingerprint density at radius 2 is 1.87 bits per heavy atom. The molecule has 0 heterocycles. The van der Waals surface area contributed by atoms with Crippen LogP contribution in [0.1, 0.15) is 38.1 Å². The van der Waals surface area contributed by atoms with E-state index in [1.165, 1.54) is 0 Å². The molecule has 0 bridgehead atoms. The molecule has 0 unspecified atom stereocenters. The highest BCUT2D eigenvalue weighted by Crippen LogP contribution is 2.22. The van der Waals surface area contributed by atoms with Crippen molar-refractivity contribution in [1.82, 2.24) is 16.0 Å². The van der Waals surface area contributed by atoms with Crippen LogP contribution in [0.4, 0.5) is 0 Å². The maximum Gasteiger partial charge on any atom is 0.251 e. The largest absolute Gasteiger partial charge is 0.357 e. The molecule has 0 fully saturated rings. The van der Waals surface area contributed by atoms with Crippen LogP contribution in [0.15, 0.2) is 23.2 Å². The van der Waals surface area contributed by atoms with E-state index in [2.05, 4.69) is 41.7 Å². The zero-order valence-corrected chi connectivity index (χ0v) is 15.5.